The van der Waals surface area contributed by atoms with Gasteiger partial charge in [0, 0.05) is 25.3 Å². The first kappa shape index (κ1) is 16.1. The molecule has 0 amide bonds. The van der Waals surface area contributed by atoms with E-state index in [4.69, 9.17) is 5.73 Å². The van der Waals surface area contributed by atoms with Gasteiger partial charge in [0.15, 0.2) is 5.03 Å². The second-order valence-corrected chi connectivity index (χ2v) is 6.87. The van der Waals surface area contributed by atoms with Gasteiger partial charge in [0.25, 0.3) is 10.0 Å². The molecule has 1 aromatic rings. The molecule has 0 aliphatic carbocycles. The average molecular weight is 288 g/mol. The van der Waals surface area contributed by atoms with Crippen molar-refractivity contribution in [3.05, 3.63) is 12.0 Å². The molecule has 7 heteroatoms. The lowest BCUT2D eigenvalue weighted by Crippen LogP contribution is -2.38. The molecular weight excluding hydrogens is 264 g/mol. The normalized spacial score (nSPS) is 14.0. The van der Waals surface area contributed by atoms with Gasteiger partial charge in [-0.15, -0.1) is 0 Å². The van der Waals surface area contributed by atoms with Crippen molar-refractivity contribution in [1.29, 1.82) is 0 Å². The van der Waals surface area contributed by atoms with E-state index in [0.717, 1.165) is 6.42 Å². The molecule has 0 saturated carbocycles. The molecule has 0 bridgehead atoms. The number of nitrogens with one attached hydrogen (secondary N) is 1. The molecule has 1 atom stereocenters. The zero-order valence-corrected chi connectivity index (χ0v) is 12.9. The third-order valence-corrected chi connectivity index (χ3v) is 4.17. The van der Waals surface area contributed by atoms with Gasteiger partial charge in [-0.3, -0.25) is 0 Å². The number of imidazole rings is 1. The number of nitrogens with two attached hydrogens (primary N) is 1. The highest BCUT2D eigenvalue weighted by Gasteiger charge is 2.19. The fraction of sp³-hybridized carbons (Fsp3) is 0.750. The number of nitrogens with zero attached hydrogens (tertiary/aromatic N) is 2. The maximum atomic E-state index is 12.1. The van der Waals surface area contributed by atoms with Crippen LogP contribution in [0.15, 0.2) is 11.2 Å². The lowest BCUT2D eigenvalue weighted by atomic mass is 10.1. The highest BCUT2D eigenvalue weighted by molar-refractivity contribution is 7.89. The maximum absolute atomic E-state index is 12.1. The molecule has 1 aromatic heterocycles. The van der Waals surface area contributed by atoms with Gasteiger partial charge in [0.05, 0.1) is 0 Å². The van der Waals surface area contributed by atoms with Crippen molar-refractivity contribution < 1.29 is 8.42 Å². The number of aryl methyl sites for hydroxylation is 2. The van der Waals surface area contributed by atoms with Crippen molar-refractivity contribution in [2.24, 2.45) is 11.7 Å². The van der Waals surface area contributed by atoms with E-state index in [2.05, 4.69) is 23.6 Å². The van der Waals surface area contributed by atoms with Crippen molar-refractivity contribution >= 4 is 10.0 Å². The Morgan fingerprint density at radius 2 is 2.11 bits per heavy atom. The van der Waals surface area contributed by atoms with Gasteiger partial charge in [-0.05, 0) is 26.2 Å². The zero-order chi connectivity index (χ0) is 14.6. The Kier molecular flexibility index (Phi) is 5.51. The van der Waals surface area contributed by atoms with E-state index in [1.54, 1.807) is 17.7 Å². The lowest BCUT2D eigenvalue weighted by molar-refractivity contribution is 0.485. The second-order valence-electron chi connectivity index (χ2n) is 5.15. The number of hydrogen-bond acceptors (Lipinski definition) is 4. The van der Waals surface area contributed by atoms with E-state index < -0.39 is 10.0 Å². The van der Waals surface area contributed by atoms with Crippen LogP contribution in [0.5, 0.6) is 0 Å². The number of aromatic nitrogens is 2. The highest BCUT2D eigenvalue weighted by atomic mass is 32.2. The topological polar surface area (TPSA) is 90.0 Å². The fourth-order valence-electron chi connectivity index (χ4n) is 1.91. The molecule has 6 nitrogen and oxygen atoms in total. The van der Waals surface area contributed by atoms with E-state index in [9.17, 15) is 8.42 Å². The van der Waals surface area contributed by atoms with Crippen LogP contribution in [0.3, 0.4) is 0 Å². The number of hydrogen-bond donors (Lipinski definition) is 2. The van der Waals surface area contributed by atoms with Gasteiger partial charge in [-0.2, -0.15) is 0 Å². The molecule has 1 unspecified atom stereocenters. The van der Waals surface area contributed by atoms with E-state index in [1.807, 2.05) is 6.92 Å². The summed E-state index contributed by atoms with van der Waals surface area (Å²) in [5, 5.41) is 0.0589. The Labute approximate surface area is 115 Å². The van der Waals surface area contributed by atoms with Gasteiger partial charge in [-0.25, -0.2) is 18.1 Å². The Morgan fingerprint density at radius 3 is 2.58 bits per heavy atom. The standard InChI is InChI=1S/C12H24N4O2S/c1-5-16-8-12(15-10(16)4)19(17,18)14-7-11(13)6-9(2)3/h8-9,11,14H,5-7,13H2,1-4H3. The van der Waals surface area contributed by atoms with Crippen LogP contribution in [0, 0.1) is 12.8 Å². The number of rotatable bonds is 7. The Bertz CT molecular complexity index is 508. The molecule has 0 spiro atoms. The van der Waals surface area contributed by atoms with Gasteiger partial charge < -0.3 is 10.3 Å². The van der Waals surface area contributed by atoms with E-state index in [-0.39, 0.29) is 17.6 Å². The first-order valence-electron chi connectivity index (χ1n) is 6.55. The van der Waals surface area contributed by atoms with Crippen LogP contribution in [0.1, 0.15) is 33.0 Å². The van der Waals surface area contributed by atoms with Crippen molar-refractivity contribution in [3.63, 3.8) is 0 Å². The summed E-state index contributed by atoms with van der Waals surface area (Å²) >= 11 is 0. The third-order valence-electron chi connectivity index (χ3n) is 2.88. The summed E-state index contributed by atoms with van der Waals surface area (Å²) in [4.78, 5) is 4.06. The Morgan fingerprint density at radius 1 is 1.47 bits per heavy atom. The first-order chi connectivity index (χ1) is 8.76. The SMILES string of the molecule is CCn1cc(S(=O)(=O)NCC(N)CC(C)C)nc1C. The van der Waals surface area contributed by atoms with Crippen molar-refractivity contribution in [1.82, 2.24) is 14.3 Å². The Balaban J connectivity index is 2.70. The van der Waals surface area contributed by atoms with Gasteiger partial charge in [0.1, 0.15) is 5.82 Å². The van der Waals surface area contributed by atoms with E-state index in [1.165, 1.54) is 0 Å². The Hall–Kier alpha value is -0.920. The van der Waals surface area contributed by atoms with Crippen LogP contribution in [0.25, 0.3) is 0 Å². The summed E-state index contributed by atoms with van der Waals surface area (Å²) in [5.74, 6) is 1.13. The highest BCUT2D eigenvalue weighted by Crippen LogP contribution is 2.09. The van der Waals surface area contributed by atoms with Crippen LogP contribution < -0.4 is 10.5 Å². The summed E-state index contributed by atoms with van der Waals surface area (Å²) in [6.45, 7) is 8.77. The molecule has 19 heavy (non-hydrogen) atoms. The fourth-order valence-corrected chi connectivity index (χ4v) is 3.01. The summed E-state index contributed by atoms with van der Waals surface area (Å²) in [7, 11) is -3.56. The average Bonchev–Trinajstić information content (AvgIpc) is 2.68. The largest absolute Gasteiger partial charge is 0.334 e. The van der Waals surface area contributed by atoms with E-state index >= 15 is 0 Å². The first-order valence-corrected chi connectivity index (χ1v) is 8.03. The molecule has 3 N–H and O–H groups in total. The molecular formula is C12H24N4O2S. The third kappa shape index (κ3) is 4.59. The smallest absolute Gasteiger partial charge is 0.259 e. The summed E-state index contributed by atoms with van der Waals surface area (Å²) in [5.41, 5.74) is 5.87. The predicted molar refractivity (Wildman–Crippen MR) is 75.3 cm³/mol. The molecule has 110 valence electrons. The minimum absolute atomic E-state index is 0.0589. The molecule has 0 radical (unpaired) electrons. The van der Waals surface area contributed by atoms with Gasteiger partial charge >= 0.3 is 0 Å². The van der Waals surface area contributed by atoms with Gasteiger partial charge in [-0.1, -0.05) is 13.8 Å². The summed E-state index contributed by atoms with van der Waals surface area (Å²) < 4.78 is 28.4. The molecule has 0 saturated heterocycles. The molecule has 0 aromatic carbocycles. The van der Waals surface area contributed by atoms with Crippen LogP contribution in [0.4, 0.5) is 0 Å². The molecule has 0 fully saturated rings. The lowest BCUT2D eigenvalue weighted by Gasteiger charge is -2.14. The van der Waals surface area contributed by atoms with Crippen molar-refractivity contribution in [2.75, 3.05) is 6.54 Å². The van der Waals surface area contributed by atoms with Crippen LogP contribution in [-0.4, -0.2) is 30.6 Å². The van der Waals surface area contributed by atoms with Crippen LogP contribution >= 0.6 is 0 Å². The summed E-state index contributed by atoms with van der Waals surface area (Å²) in [6.07, 6.45) is 2.33. The molecule has 1 rings (SSSR count). The minimum Gasteiger partial charge on any atom is -0.334 e. The molecule has 1 heterocycles. The van der Waals surface area contributed by atoms with Crippen LogP contribution in [0.2, 0.25) is 0 Å². The van der Waals surface area contributed by atoms with Crippen molar-refractivity contribution in [2.45, 2.75) is 51.7 Å². The van der Waals surface area contributed by atoms with Gasteiger partial charge in [0.2, 0.25) is 0 Å². The van der Waals surface area contributed by atoms with Crippen molar-refractivity contribution in [3.8, 4) is 0 Å². The number of sulfonamides is 1. The summed E-state index contributed by atoms with van der Waals surface area (Å²) in [6, 6.07) is -0.177. The zero-order valence-electron chi connectivity index (χ0n) is 12.0. The monoisotopic (exact) mass is 288 g/mol. The quantitative estimate of drug-likeness (QED) is 0.778. The molecule has 0 aliphatic heterocycles. The van der Waals surface area contributed by atoms with E-state index in [0.29, 0.717) is 18.3 Å². The predicted octanol–water partition coefficient (Wildman–Crippen LogP) is 0.863. The molecule has 0 aliphatic rings. The minimum atomic E-state index is -3.56. The second kappa shape index (κ2) is 6.49. The maximum Gasteiger partial charge on any atom is 0.259 e. The van der Waals surface area contributed by atoms with Crippen LogP contribution in [-0.2, 0) is 16.6 Å².